The third-order valence-electron chi connectivity index (χ3n) is 6.39. The molecule has 0 saturated carbocycles. The molecule has 1 atom stereocenters. The van der Waals surface area contributed by atoms with Crippen LogP contribution >= 0.6 is 0 Å². The zero-order valence-electron chi connectivity index (χ0n) is 21.2. The van der Waals surface area contributed by atoms with E-state index in [2.05, 4.69) is 30.8 Å². The number of benzene rings is 2. The number of morpholine rings is 1. The number of nitrogens with zero attached hydrogens (tertiary/aromatic N) is 5. The third-order valence-corrected chi connectivity index (χ3v) is 6.39. The first-order valence-corrected chi connectivity index (χ1v) is 12.6. The third kappa shape index (κ3) is 6.60. The smallest absolute Gasteiger partial charge is 0.289 e. The van der Waals surface area contributed by atoms with Gasteiger partial charge in [-0.3, -0.25) is 14.4 Å². The molecule has 3 aromatic rings. The second-order valence-electron chi connectivity index (χ2n) is 9.24. The highest BCUT2D eigenvalue weighted by Gasteiger charge is 2.23. The molecule has 0 radical (unpaired) electrons. The van der Waals surface area contributed by atoms with Crippen molar-refractivity contribution in [3.8, 4) is 0 Å². The van der Waals surface area contributed by atoms with Gasteiger partial charge in [0, 0.05) is 31.3 Å². The number of hydrogen-bond acceptors (Lipinski definition) is 9. The number of hydrogen-bond donors (Lipinski definition) is 3. The first-order valence-electron chi connectivity index (χ1n) is 12.6. The number of anilines is 2. The number of nitrogens with two attached hydrogens (primary N) is 1. The van der Waals surface area contributed by atoms with Crippen molar-refractivity contribution in [1.82, 2.24) is 15.3 Å². The summed E-state index contributed by atoms with van der Waals surface area (Å²) in [5.74, 6) is -0.774. The number of nitrogens with one attached hydrogen (secondary N) is 2. The molecule has 200 valence electrons. The van der Waals surface area contributed by atoms with Gasteiger partial charge in [-0.2, -0.15) is 5.11 Å². The predicted molar refractivity (Wildman–Crippen MR) is 143 cm³/mol. The van der Waals surface area contributed by atoms with Crippen LogP contribution in [0.2, 0.25) is 0 Å². The van der Waals surface area contributed by atoms with Gasteiger partial charge >= 0.3 is 0 Å². The van der Waals surface area contributed by atoms with Gasteiger partial charge in [0.1, 0.15) is 11.9 Å². The van der Waals surface area contributed by atoms with Gasteiger partial charge in [-0.05, 0) is 22.8 Å². The quantitative estimate of drug-likeness (QED) is 0.357. The van der Waals surface area contributed by atoms with Gasteiger partial charge in [-0.1, -0.05) is 42.5 Å². The minimum Gasteiger partial charge on any atom is -0.378 e. The molecule has 12 nitrogen and oxygen atoms in total. The van der Waals surface area contributed by atoms with Crippen molar-refractivity contribution < 1.29 is 19.1 Å². The lowest BCUT2D eigenvalue weighted by atomic mass is 10.1. The van der Waals surface area contributed by atoms with Gasteiger partial charge in [0.05, 0.1) is 26.2 Å². The van der Waals surface area contributed by atoms with Gasteiger partial charge in [-0.25, -0.2) is 9.97 Å². The van der Waals surface area contributed by atoms with Crippen LogP contribution in [0.15, 0.2) is 64.8 Å². The minimum atomic E-state index is -0.943. The van der Waals surface area contributed by atoms with Crippen molar-refractivity contribution in [2.24, 2.45) is 16.0 Å². The summed E-state index contributed by atoms with van der Waals surface area (Å²) in [6.45, 7) is 2.50. The molecule has 5 rings (SSSR count). The Morgan fingerprint density at radius 3 is 2.64 bits per heavy atom. The number of carbonyl (C=O) groups is 3. The maximum absolute atomic E-state index is 13.2. The van der Waals surface area contributed by atoms with Crippen LogP contribution in [-0.4, -0.2) is 60.0 Å². The SMILES string of the molecule is NC(=O)C(Cc1ccccc1)NC(=O)c1nc(N=NCc2ccc3c(c2)CC(=O)N3)cc(N2CCOCC2)n1. The minimum absolute atomic E-state index is 0.0337. The number of primary amides is 1. The Labute approximate surface area is 224 Å². The Balaban J connectivity index is 1.35. The van der Waals surface area contributed by atoms with Crippen LogP contribution in [-0.2, 0) is 33.7 Å². The van der Waals surface area contributed by atoms with Crippen LogP contribution in [0.25, 0.3) is 0 Å². The first kappa shape index (κ1) is 25.9. The van der Waals surface area contributed by atoms with Crippen molar-refractivity contribution in [2.75, 3.05) is 36.5 Å². The van der Waals surface area contributed by atoms with Gasteiger partial charge in [-0.15, -0.1) is 5.11 Å². The molecule has 1 saturated heterocycles. The molecule has 0 bridgehead atoms. The molecule has 1 unspecified atom stereocenters. The molecule has 0 spiro atoms. The Kier molecular flexibility index (Phi) is 7.83. The lowest BCUT2D eigenvalue weighted by molar-refractivity contribution is -0.119. The average Bonchev–Trinajstić information content (AvgIpc) is 3.33. The highest BCUT2D eigenvalue weighted by molar-refractivity contribution is 5.99. The van der Waals surface area contributed by atoms with E-state index in [0.717, 1.165) is 22.4 Å². The van der Waals surface area contributed by atoms with Crippen LogP contribution < -0.4 is 21.3 Å². The lowest BCUT2D eigenvalue weighted by Crippen LogP contribution is -2.46. The number of azo groups is 1. The van der Waals surface area contributed by atoms with E-state index in [9.17, 15) is 14.4 Å². The summed E-state index contributed by atoms with van der Waals surface area (Å²) in [5.41, 5.74) is 9.05. The topological polar surface area (TPSA) is 164 Å². The first-order chi connectivity index (χ1) is 18.9. The number of carbonyl (C=O) groups excluding carboxylic acids is 3. The van der Waals surface area contributed by atoms with Gasteiger partial charge in [0.2, 0.25) is 17.6 Å². The van der Waals surface area contributed by atoms with E-state index in [0.29, 0.717) is 38.5 Å². The van der Waals surface area contributed by atoms with Crippen molar-refractivity contribution in [2.45, 2.75) is 25.4 Å². The molecule has 4 N–H and O–H groups in total. The number of rotatable bonds is 9. The molecule has 1 aromatic heterocycles. The van der Waals surface area contributed by atoms with Crippen molar-refractivity contribution in [3.05, 3.63) is 77.1 Å². The molecule has 12 heteroatoms. The molecule has 2 aliphatic heterocycles. The van der Waals surface area contributed by atoms with Gasteiger partial charge in [0.15, 0.2) is 5.82 Å². The molecule has 1 fully saturated rings. The normalized spacial score (nSPS) is 15.6. The summed E-state index contributed by atoms with van der Waals surface area (Å²) in [5, 5.41) is 14.0. The largest absolute Gasteiger partial charge is 0.378 e. The molecule has 0 aliphatic carbocycles. The Hall–Kier alpha value is -4.71. The monoisotopic (exact) mass is 528 g/mol. The van der Waals surface area contributed by atoms with E-state index in [1.54, 1.807) is 6.07 Å². The van der Waals surface area contributed by atoms with E-state index in [1.807, 2.05) is 53.4 Å². The highest BCUT2D eigenvalue weighted by atomic mass is 16.5. The molecule has 3 heterocycles. The van der Waals surface area contributed by atoms with E-state index >= 15 is 0 Å². The number of aromatic nitrogens is 2. The van der Waals surface area contributed by atoms with Gasteiger partial charge in [0.25, 0.3) is 5.91 Å². The van der Waals surface area contributed by atoms with Crippen molar-refractivity contribution in [3.63, 3.8) is 0 Å². The van der Waals surface area contributed by atoms with Gasteiger partial charge < -0.3 is 26.0 Å². The zero-order valence-corrected chi connectivity index (χ0v) is 21.2. The zero-order chi connectivity index (χ0) is 27.2. The van der Waals surface area contributed by atoms with Crippen LogP contribution in [0.4, 0.5) is 17.3 Å². The van der Waals surface area contributed by atoms with Crippen LogP contribution in [0.1, 0.15) is 27.3 Å². The summed E-state index contributed by atoms with van der Waals surface area (Å²) >= 11 is 0. The Morgan fingerprint density at radius 1 is 1.08 bits per heavy atom. The Bertz CT molecular complexity index is 1410. The van der Waals surface area contributed by atoms with Crippen molar-refractivity contribution in [1.29, 1.82) is 0 Å². The fourth-order valence-corrected chi connectivity index (χ4v) is 4.40. The van der Waals surface area contributed by atoms with Crippen LogP contribution in [0.5, 0.6) is 0 Å². The number of amides is 3. The summed E-state index contributed by atoms with van der Waals surface area (Å²) in [6, 6.07) is 15.6. The standard InChI is InChI=1S/C27H28N8O4/c28-25(37)21(13-17-4-2-1-3-5-17)31-27(38)26-32-22(15-23(33-26)35-8-10-39-11-9-35)34-29-16-18-6-7-20-19(12-18)14-24(36)30-20/h1-7,12,15,21H,8-11,13-14,16H2,(H2,28,37)(H,30,36)(H,31,38). The second kappa shape index (κ2) is 11.8. The molecular formula is C27H28N8O4. The molecule has 39 heavy (non-hydrogen) atoms. The fraction of sp³-hybridized carbons (Fsp3) is 0.296. The fourth-order valence-electron chi connectivity index (χ4n) is 4.40. The molecular weight excluding hydrogens is 500 g/mol. The lowest BCUT2D eigenvalue weighted by Gasteiger charge is -2.28. The van der Waals surface area contributed by atoms with E-state index in [4.69, 9.17) is 10.5 Å². The number of fused-ring (bicyclic) bond motifs is 1. The Morgan fingerprint density at radius 2 is 1.87 bits per heavy atom. The van der Waals surface area contributed by atoms with Crippen molar-refractivity contribution >= 4 is 35.0 Å². The van der Waals surface area contributed by atoms with E-state index < -0.39 is 17.9 Å². The molecule has 3 amide bonds. The van der Waals surface area contributed by atoms with Crippen LogP contribution in [0, 0.1) is 0 Å². The predicted octanol–water partition coefficient (Wildman–Crippen LogP) is 1.92. The average molecular weight is 529 g/mol. The summed E-state index contributed by atoms with van der Waals surface area (Å²) < 4.78 is 5.43. The summed E-state index contributed by atoms with van der Waals surface area (Å²) in [4.78, 5) is 47.6. The van der Waals surface area contributed by atoms with Crippen LogP contribution in [0.3, 0.4) is 0 Å². The van der Waals surface area contributed by atoms with E-state index in [1.165, 1.54) is 0 Å². The molecule has 2 aromatic carbocycles. The summed E-state index contributed by atoms with van der Waals surface area (Å²) in [7, 11) is 0. The maximum atomic E-state index is 13.2. The molecule has 2 aliphatic rings. The maximum Gasteiger partial charge on any atom is 0.289 e. The number of ether oxygens (including phenoxy) is 1. The second-order valence-corrected chi connectivity index (χ2v) is 9.24. The highest BCUT2D eigenvalue weighted by Crippen LogP contribution is 2.25. The van der Waals surface area contributed by atoms with E-state index in [-0.39, 0.29) is 30.5 Å². The summed E-state index contributed by atoms with van der Waals surface area (Å²) in [6.07, 6.45) is 0.573.